The number of piperidine rings is 1. The summed E-state index contributed by atoms with van der Waals surface area (Å²) in [6.45, 7) is 17.5. The van der Waals surface area contributed by atoms with Gasteiger partial charge in [-0.1, -0.05) is 6.92 Å². The van der Waals surface area contributed by atoms with Crippen LogP contribution in [0.2, 0.25) is 0 Å². The summed E-state index contributed by atoms with van der Waals surface area (Å²) in [5.74, 6) is 4.22. The fourth-order valence-corrected chi connectivity index (χ4v) is 7.98. The zero-order valence-electron chi connectivity index (χ0n) is 44.1. The number of nitrogens with zero attached hydrogens (tertiary/aromatic N) is 6. The second-order valence-electron chi connectivity index (χ2n) is 20.0. The van der Waals surface area contributed by atoms with E-state index in [0.717, 1.165) is 62.9 Å². The van der Waals surface area contributed by atoms with Crippen molar-refractivity contribution in [2.24, 2.45) is 5.92 Å². The van der Waals surface area contributed by atoms with Crippen molar-refractivity contribution in [3.8, 4) is 23.0 Å². The highest BCUT2D eigenvalue weighted by Crippen LogP contribution is 2.30. The van der Waals surface area contributed by atoms with Gasteiger partial charge in [0.2, 0.25) is 10.0 Å². The zero-order chi connectivity index (χ0) is 54.5. The minimum atomic E-state index is -3.15. The number of alkyl halides is 1. The van der Waals surface area contributed by atoms with Crippen molar-refractivity contribution in [2.45, 2.75) is 129 Å². The summed E-state index contributed by atoms with van der Waals surface area (Å²) < 4.78 is 71.0. The molecular formula is C51H78FN11O10S. The lowest BCUT2D eigenvalue weighted by Gasteiger charge is -2.35. The van der Waals surface area contributed by atoms with Crippen LogP contribution < -0.4 is 46.6 Å². The number of hydrogen-bond acceptors (Lipinski definition) is 19. The molecule has 2 aliphatic heterocycles. The molecule has 1 saturated carbocycles. The maximum Gasteiger partial charge on any atom is 0.410 e. The van der Waals surface area contributed by atoms with Crippen molar-refractivity contribution in [3.63, 3.8) is 0 Å². The van der Waals surface area contributed by atoms with E-state index in [2.05, 4.69) is 36.5 Å². The number of pyridine rings is 4. The highest BCUT2D eigenvalue weighted by molar-refractivity contribution is 7.88. The first-order chi connectivity index (χ1) is 34.8. The Morgan fingerprint density at radius 1 is 0.662 bits per heavy atom. The molecule has 0 spiro atoms. The monoisotopic (exact) mass is 1060 g/mol. The van der Waals surface area contributed by atoms with Crippen LogP contribution in [0.15, 0.2) is 73.3 Å². The van der Waals surface area contributed by atoms with Gasteiger partial charge in [-0.3, -0.25) is 9.69 Å². The number of rotatable bonds is 14. The summed E-state index contributed by atoms with van der Waals surface area (Å²) in [7, 11) is -3.15. The first kappa shape index (κ1) is 60.1. The Kier molecular flexibility index (Phi) is 23.4. The molecule has 74 heavy (non-hydrogen) atoms. The number of halogens is 1. The van der Waals surface area contributed by atoms with Crippen LogP contribution in [0, 0.1) is 5.92 Å². The maximum absolute atomic E-state index is 14.0. The average molecular weight is 1060 g/mol. The lowest BCUT2D eigenvalue weighted by molar-refractivity contribution is -0.161. The Balaban J connectivity index is 0.000000216. The summed E-state index contributed by atoms with van der Waals surface area (Å²) in [6, 6.07) is 13.7. The topological polar surface area (TPSA) is 298 Å². The Hall–Kier alpha value is -6.46. The summed E-state index contributed by atoms with van der Waals surface area (Å²) in [5, 5.41) is 0. The van der Waals surface area contributed by atoms with Gasteiger partial charge in [0.25, 0.3) is 0 Å². The minimum absolute atomic E-state index is 0.00591. The van der Waals surface area contributed by atoms with Gasteiger partial charge in [-0.2, -0.15) is 0 Å². The van der Waals surface area contributed by atoms with Gasteiger partial charge in [0.05, 0.1) is 49.6 Å². The van der Waals surface area contributed by atoms with Gasteiger partial charge in [-0.15, -0.1) is 0 Å². The van der Waals surface area contributed by atoms with Crippen LogP contribution >= 0.6 is 0 Å². The number of ether oxygens (including phenoxy) is 6. The molecule has 23 heteroatoms. The standard InChI is InChI=1S/C16H24N2O3.C15H22FN3O3.C12H19N3O.C8H13N3O3S/c1-16(2,3)21-15(19)11-4-6-12(7-5-11)20-13-8-9-14(17)18-10-13;1-15(2,3)22-14(20)19-7-6-11(16)12(9-19)21-10-4-5-13(17)18-8-10;1-2-6-15-7-5-11(9-15)16-10-3-4-12(13)14-8-10;1-15(12,13)11-4-5-14-7-2-3-8(9)10-6-7/h8-12H,4-7H2,1-3H3,(H2,17,18);4-5,8,11-12H,6-7,9H2,1-3H3,(H2,17,18);3-4,8,11H,2,5-7,9H2,1H3,(H2,13,14);2-3,6,11H,4-5H2,1H3,(H2,9,10)/t;11-,12+;11-;/m.01./s1. The normalized spacial score (nSPS) is 19.9. The third-order valence-electron chi connectivity index (χ3n) is 11.0. The minimum Gasteiger partial charge on any atom is -0.491 e. The number of amides is 1. The molecule has 0 unspecified atom stereocenters. The molecule has 3 atom stereocenters. The summed E-state index contributed by atoms with van der Waals surface area (Å²) in [5.41, 5.74) is 20.9. The lowest BCUT2D eigenvalue weighted by Crippen LogP contribution is -2.51. The fraction of sp³-hybridized carbons (Fsp3) is 0.569. The molecule has 3 fully saturated rings. The van der Waals surface area contributed by atoms with E-state index in [1.54, 1.807) is 69.6 Å². The number of sulfonamides is 1. The number of esters is 1. The molecule has 3 aliphatic rings. The van der Waals surface area contributed by atoms with Crippen molar-refractivity contribution in [3.05, 3.63) is 73.3 Å². The van der Waals surface area contributed by atoms with E-state index >= 15 is 0 Å². The number of likely N-dealkylation sites (tertiary alicyclic amines) is 2. The van der Waals surface area contributed by atoms with Gasteiger partial charge in [-0.25, -0.2) is 42.3 Å². The van der Waals surface area contributed by atoms with E-state index in [9.17, 15) is 22.4 Å². The molecule has 0 aromatic carbocycles. The third-order valence-corrected chi connectivity index (χ3v) is 11.7. The van der Waals surface area contributed by atoms with Gasteiger partial charge in [0.15, 0.2) is 0 Å². The Morgan fingerprint density at radius 3 is 1.61 bits per heavy atom. The van der Waals surface area contributed by atoms with Crippen LogP contribution in [-0.2, 0) is 24.3 Å². The van der Waals surface area contributed by atoms with Crippen LogP contribution in [0.4, 0.5) is 32.5 Å². The summed E-state index contributed by atoms with van der Waals surface area (Å²) in [6.07, 6.45) is 11.3. The van der Waals surface area contributed by atoms with E-state index in [4.69, 9.17) is 51.4 Å². The molecule has 9 N–H and O–H groups in total. The predicted octanol–water partition coefficient (Wildman–Crippen LogP) is 6.45. The van der Waals surface area contributed by atoms with Gasteiger partial charge in [-0.05, 0) is 135 Å². The van der Waals surface area contributed by atoms with Crippen LogP contribution in [-0.4, -0.2) is 138 Å². The van der Waals surface area contributed by atoms with Crippen molar-refractivity contribution >= 4 is 45.4 Å². The summed E-state index contributed by atoms with van der Waals surface area (Å²) >= 11 is 0. The molecule has 1 aliphatic carbocycles. The maximum atomic E-state index is 14.0. The molecule has 0 bridgehead atoms. The number of carbonyl (C=O) groups excluding carboxylic acids is 2. The molecule has 0 radical (unpaired) electrons. The van der Waals surface area contributed by atoms with Gasteiger partial charge in [0, 0.05) is 32.6 Å². The number of hydrogen-bond donors (Lipinski definition) is 5. The predicted molar refractivity (Wildman–Crippen MR) is 283 cm³/mol. The fourth-order valence-electron chi connectivity index (χ4n) is 7.52. The Labute approximate surface area is 435 Å². The van der Waals surface area contributed by atoms with E-state index in [1.165, 1.54) is 30.3 Å². The SMILES string of the molecule is CC(C)(C)OC(=O)C1CCC(Oc2ccc(N)nc2)CC1.CC(C)(C)OC(=O)N1CC[C@H](F)[C@H](Oc2ccc(N)nc2)C1.CCCN1CC[C@@H](Oc2ccc(N)nc2)C1.CS(=O)(=O)NCCOc1ccc(N)nc1. The Bertz CT molecular complexity index is 2390. The highest BCUT2D eigenvalue weighted by atomic mass is 32.2. The quantitative estimate of drug-likeness (QED) is 0.0669. The molecule has 6 heterocycles. The van der Waals surface area contributed by atoms with Crippen molar-refractivity contribution in [2.75, 3.05) is 75.1 Å². The van der Waals surface area contributed by atoms with Gasteiger partial charge < -0.3 is 56.3 Å². The number of nitrogens with two attached hydrogens (primary N) is 4. The molecule has 1 amide bonds. The van der Waals surface area contributed by atoms with Crippen molar-refractivity contribution in [1.29, 1.82) is 0 Å². The van der Waals surface area contributed by atoms with Crippen LogP contribution in [0.1, 0.15) is 93.4 Å². The van der Waals surface area contributed by atoms with Gasteiger partial charge in [0.1, 0.15) is 82.5 Å². The highest BCUT2D eigenvalue weighted by Gasteiger charge is 2.35. The number of nitrogen functional groups attached to an aromatic ring is 4. The molecular weight excluding hydrogens is 978 g/mol. The smallest absolute Gasteiger partial charge is 0.410 e. The largest absolute Gasteiger partial charge is 0.491 e. The van der Waals surface area contributed by atoms with Crippen LogP contribution in [0.3, 0.4) is 0 Å². The zero-order valence-corrected chi connectivity index (χ0v) is 44.9. The van der Waals surface area contributed by atoms with E-state index in [0.29, 0.717) is 47.4 Å². The molecule has 4 aromatic rings. The number of nitrogens with one attached hydrogen (secondary N) is 1. The van der Waals surface area contributed by atoms with E-state index < -0.39 is 39.6 Å². The lowest BCUT2D eigenvalue weighted by atomic mass is 9.87. The van der Waals surface area contributed by atoms with Crippen LogP contribution in [0.5, 0.6) is 23.0 Å². The summed E-state index contributed by atoms with van der Waals surface area (Å²) in [4.78, 5) is 43.7. The molecule has 4 aromatic heterocycles. The first-order valence-electron chi connectivity index (χ1n) is 24.8. The van der Waals surface area contributed by atoms with Gasteiger partial charge >= 0.3 is 12.1 Å². The second-order valence-corrected chi connectivity index (χ2v) is 21.9. The van der Waals surface area contributed by atoms with Crippen LogP contribution in [0.25, 0.3) is 0 Å². The number of carbonyl (C=O) groups is 2. The average Bonchev–Trinajstić information content (AvgIpc) is 3.77. The van der Waals surface area contributed by atoms with Crippen molar-refractivity contribution in [1.82, 2.24) is 34.5 Å². The number of aromatic nitrogens is 4. The molecule has 410 valence electrons. The molecule has 2 saturated heterocycles. The Morgan fingerprint density at radius 2 is 1.15 bits per heavy atom. The first-order valence-corrected chi connectivity index (χ1v) is 26.7. The molecule has 21 nitrogen and oxygen atoms in total. The van der Waals surface area contributed by atoms with E-state index in [-0.39, 0.29) is 44.1 Å². The second kappa shape index (κ2) is 28.8. The van der Waals surface area contributed by atoms with E-state index in [1.807, 2.05) is 32.9 Å². The molecule has 7 rings (SSSR count). The number of anilines is 4. The third kappa shape index (κ3) is 24.1. The van der Waals surface area contributed by atoms with Crippen molar-refractivity contribution < 1.29 is 50.8 Å².